The number of fused-ring (bicyclic) bond motifs is 2. The van der Waals surface area contributed by atoms with Gasteiger partial charge in [0.1, 0.15) is 5.75 Å². The fourth-order valence-corrected chi connectivity index (χ4v) is 2.14. The Balaban J connectivity index is 2.44. The molecule has 1 N–H and O–H groups in total. The van der Waals surface area contributed by atoms with Crippen LogP contribution in [-0.2, 0) is 4.79 Å². The summed E-state index contributed by atoms with van der Waals surface area (Å²) in [5.74, 6) is 0.204. The predicted molar refractivity (Wildman–Crippen MR) is 56.9 cm³/mol. The van der Waals surface area contributed by atoms with Crippen LogP contribution in [0, 0.1) is 0 Å². The van der Waals surface area contributed by atoms with Crippen LogP contribution in [-0.4, -0.2) is 16.7 Å². The van der Waals surface area contributed by atoms with Crippen molar-refractivity contribution < 1.29 is 9.90 Å². The zero-order chi connectivity index (χ0) is 10.4. The summed E-state index contributed by atoms with van der Waals surface area (Å²) in [6.07, 6.45) is 2.99. The second-order valence-electron chi connectivity index (χ2n) is 3.76. The van der Waals surface area contributed by atoms with Crippen LogP contribution in [0.1, 0.15) is 12.8 Å². The SMILES string of the molecule is O=C1CCC2=c3c(O)cccc3=CC2=N1. The van der Waals surface area contributed by atoms with Crippen LogP contribution in [0.5, 0.6) is 5.75 Å². The normalized spacial score (nSPS) is 18.0. The Morgan fingerprint density at radius 1 is 1.27 bits per heavy atom. The monoisotopic (exact) mass is 199 g/mol. The number of nitrogens with zero attached hydrogens (tertiary/aromatic N) is 1. The highest BCUT2D eigenvalue weighted by molar-refractivity contribution is 6.38. The molecule has 0 aromatic heterocycles. The quantitative estimate of drug-likeness (QED) is 0.644. The third-order valence-electron chi connectivity index (χ3n) is 2.81. The molecule has 0 spiro atoms. The summed E-state index contributed by atoms with van der Waals surface area (Å²) in [6, 6.07) is 5.39. The van der Waals surface area contributed by atoms with E-state index in [-0.39, 0.29) is 11.7 Å². The molecule has 0 atom stereocenters. The van der Waals surface area contributed by atoms with E-state index in [1.54, 1.807) is 12.1 Å². The number of carbonyl (C=O) groups is 1. The van der Waals surface area contributed by atoms with E-state index in [2.05, 4.69) is 4.99 Å². The first-order valence-corrected chi connectivity index (χ1v) is 4.90. The lowest BCUT2D eigenvalue weighted by Gasteiger charge is -2.08. The van der Waals surface area contributed by atoms with Gasteiger partial charge in [0.2, 0.25) is 5.91 Å². The highest BCUT2D eigenvalue weighted by atomic mass is 16.3. The zero-order valence-corrected chi connectivity index (χ0v) is 8.03. The van der Waals surface area contributed by atoms with Crippen LogP contribution >= 0.6 is 0 Å². The Bertz CT molecular complexity index is 611. The fraction of sp³-hybridized carbons (Fsp3) is 0.167. The van der Waals surface area contributed by atoms with Crippen molar-refractivity contribution in [2.75, 3.05) is 0 Å². The maximum atomic E-state index is 11.2. The van der Waals surface area contributed by atoms with Crippen LogP contribution in [0.3, 0.4) is 0 Å². The molecule has 74 valence electrons. The van der Waals surface area contributed by atoms with E-state index in [0.29, 0.717) is 12.8 Å². The first kappa shape index (κ1) is 8.41. The summed E-state index contributed by atoms with van der Waals surface area (Å²) in [6.45, 7) is 0. The lowest BCUT2D eigenvalue weighted by Crippen LogP contribution is -2.23. The molecule has 0 unspecified atom stereocenters. The lowest BCUT2D eigenvalue weighted by atomic mass is 10.0. The summed E-state index contributed by atoms with van der Waals surface area (Å²) in [5.41, 5.74) is 1.73. The van der Waals surface area contributed by atoms with Crippen molar-refractivity contribution in [2.45, 2.75) is 12.8 Å². The van der Waals surface area contributed by atoms with Gasteiger partial charge in [-0.3, -0.25) is 4.79 Å². The summed E-state index contributed by atoms with van der Waals surface area (Å²) in [7, 11) is 0. The first-order chi connectivity index (χ1) is 7.25. The number of phenolic OH excluding ortho intramolecular Hbond substituents is 1. The molecule has 3 rings (SSSR count). The van der Waals surface area contributed by atoms with Gasteiger partial charge in [0.05, 0.1) is 5.71 Å². The molecule has 0 radical (unpaired) electrons. The number of aromatic hydroxyl groups is 1. The van der Waals surface area contributed by atoms with Crippen molar-refractivity contribution in [3.63, 3.8) is 0 Å². The third kappa shape index (κ3) is 1.13. The molecule has 1 heterocycles. The lowest BCUT2D eigenvalue weighted by molar-refractivity contribution is -0.117. The van der Waals surface area contributed by atoms with Gasteiger partial charge < -0.3 is 5.11 Å². The van der Waals surface area contributed by atoms with E-state index >= 15 is 0 Å². The molecule has 0 saturated carbocycles. The molecule has 1 aromatic rings. The number of hydrogen-bond acceptors (Lipinski definition) is 2. The summed E-state index contributed by atoms with van der Waals surface area (Å²) >= 11 is 0. The zero-order valence-electron chi connectivity index (χ0n) is 8.03. The number of carbonyl (C=O) groups excluding carboxylic acids is 1. The van der Waals surface area contributed by atoms with Gasteiger partial charge >= 0.3 is 0 Å². The Hall–Kier alpha value is -1.90. The molecule has 3 nitrogen and oxygen atoms in total. The molecule has 15 heavy (non-hydrogen) atoms. The average molecular weight is 199 g/mol. The maximum absolute atomic E-state index is 11.2. The van der Waals surface area contributed by atoms with E-state index < -0.39 is 0 Å². The van der Waals surface area contributed by atoms with Crippen molar-refractivity contribution in [3.8, 4) is 5.75 Å². The van der Waals surface area contributed by atoms with E-state index in [1.165, 1.54) is 0 Å². The van der Waals surface area contributed by atoms with Crippen LogP contribution in [0.2, 0.25) is 0 Å². The molecule has 0 saturated heterocycles. The first-order valence-electron chi connectivity index (χ1n) is 4.90. The van der Waals surface area contributed by atoms with Crippen molar-refractivity contribution >= 4 is 23.3 Å². The molecule has 1 aromatic carbocycles. The topological polar surface area (TPSA) is 49.7 Å². The van der Waals surface area contributed by atoms with Crippen molar-refractivity contribution in [1.82, 2.24) is 0 Å². The fourth-order valence-electron chi connectivity index (χ4n) is 2.14. The maximum Gasteiger partial charge on any atom is 0.246 e. The third-order valence-corrected chi connectivity index (χ3v) is 2.81. The van der Waals surface area contributed by atoms with E-state index in [4.69, 9.17) is 0 Å². The largest absolute Gasteiger partial charge is 0.507 e. The molecule has 0 bridgehead atoms. The number of amides is 1. The predicted octanol–water partition coefficient (Wildman–Crippen LogP) is 0.0984. The smallest absolute Gasteiger partial charge is 0.246 e. The van der Waals surface area contributed by atoms with Crippen LogP contribution in [0.4, 0.5) is 0 Å². The van der Waals surface area contributed by atoms with Crippen molar-refractivity contribution in [2.24, 2.45) is 4.99 Å². The van der Waals surface area contributed by atoms with Crippen LogP contribution in [0.15, 0.2) is 23.2 Å². The van der Waals surface area contributed by atoms with Gasteiger partial charge in [0.15, 0.2) is 0 Å². The summed E-state index contributed by atoms with van der Waals surface area (Å²) in [5, 5.41) is 11.6. The van der Waals surface area contributed by atoms with E-state index in [9.17, 15) is 9.90 Å². The van der Waals surface area contributed by atoms with Gasteiger partial charge in [-0.15, -0.1) is 0 Å². The van der Waals surface area contributed by atoms with Crippen molar-refractivity contribution in [1.29, 1.82) is 0 Å². The minimum Gasteiger partial charge on any atom is -0.507 e. The van der Waals surface area contributed by atoms with Gasteiger partial charge in [0.25, 0.3) is 0 Å². The Labute approximate surface area is 86.1 Å². The average Bonchev–Trinajstić information content (AvgIpc) is 2.56. The van der Waals surface area contributed by atoms with Gasteiger partial charge in [-0.25, -0.2) is 4.99 Å². The van der Waals surface area contributed by atoms with Crippen LogP contribution < -0.4 is 10.4 Å². The second-order valence-corrected chi connectivity index (χ2v) is 3.76. The second kappa shape index (κ2) is 2.79. The number of hydrogen-bond donors (Lipinski definition) is 1. The minimum atomic E-state index is -0.0719. The number of rotatable bonds is 0. The highest BCUT2D eigenvalue weighted by Gasteiger charge is 2.20. The van der Waals surface area contributed by atoms with E-state index in [0.717, 1.165) is 21.7 Å². The van der Waals surface area contributed by atoms with Crippen molar-refractivity contribution in [3.05, 3.63) is 28.6 Å². The molecular formula is C12H9NO2. The molecule has 1 amide bonds. The number of phenols is 1. The highest BCUT2D eigenvalue weighted by Crippen LogP contribution is 2.19. The molecule has 2 aliphatic rings. The van der Waals surface area contributed by atoms with Gasteiger partial charge in [-0.1, -0.05) is 12.1 Å². The molecule has 0 fully saturated rings. The standard InChI is InChI=1S/C12H9NO2/c14-10-3-1-2-7-6-9-8(12(7)10)4-5-11(15)13-9/h1-3,6,14H,4-5H2. The van der Waals surface area contributed by atoms with Gasteiger partial charge in [-0.05, 0) is 29.4 Å². The Kier molecular flexibility index (Phi) is 1.57. The Morgan fingerprint density at radius 2 is 2.13 bits per heavy atom. The minimum absolute atomic E-state index is 0.0719. The number of aliphatic imine (C=N–C) groups is 1. The summed E-state index contributed by atoms with van der Waals surface area (Å²) in [4.78, 5) is 15.1. The van der Waals surface area contributed by atoms with E-state index in [1.807, 2.05) is 12.1 Å². The molecule has 1 aliphatic heterocycles. The summed E-state index contributed by atoms with van der Waals surface area (Å²) < 4.78 is 0. The van der Waals surface area contributed by atoms with Crippen LogP contribution in [0.25, 0.3) is 11.6 Å². The van der Waals surface area contributed by atoms with Gasteiger partial charge in [0, 0.05) is 11.6 Å². The molecular weight excluding hydrogens is 190 g/mol. The Morgan fingerprint density at radius 3 is 3.00 bits per heavy atom. The number of benzene rings is 1. The van der Waals surface area contributed by atoms with Gasteiger partial charge in [-0.2, -0.15) is 0 Å². The molecule has 1 aliphatic carbocycles. The molecule has 3 heteroatoms.